The van der Waals surface area contributed by atoms with E-state index < -0.39 is 5.60 Å². The first-order chi connectivity index (χ1) is 6.93. The van der Waals surface area contributed by atoms with E-state index >= 15 is 0 Å². The third kappa shape index (κ3) is 3.09. The van der Waals surface area contributed by atoms with Crippen molar-refractivity contribution in [3.05, 3.63) is 24.0 Å². The van der Waals surface area contributed by atoms with Crippen LogP contribution in [-0.4, -0.2) is 28.1 Å². The van der Waals surface area contributed by atoms with Crippen molar-refractivity contribution < 1.29 is 9.90 Å². The zero-order chi connectivity index (χ0) is 11.5. The number of carbonyl (C=O) groups is 1. The smallest absolute Gasteiger partial charge is 0.267 e. The van der Waals surface area contributed by atoms with Gasteiger partial charge in [0.05, 0.1) is 5.60 Å². The number of H-pyrrole nitrogens is 1. The predicted molar refractivity (Wildman–Crippen MR) is 58.6 cm³/mol. The highest BCUT2D eigenvalue weighted by Gasteiger charge is 2.25. The van der Waals surface area contributed by atoms with Gasteiger partial charge < -0.3 is 15.4 Å². The van der Waals surface area contributed by atoms with E-state index in [1.54, 1.807) is 25.3 Å². The van der Waals surface area contributed by atoms with Crippen LogP contribution in [0.5, 0.6) is 0 Å². The summed E-state index contributed by atoms with van der Waals surface area (Å²) in [6.45, 7) is 5.80. The Hall–Kier alpha value is -1.29. The molecule has 0 saturated carbocycles. The monoisotopic (exact) mass is 210 g/mol. The van der Waals surface area contributed by atoms with Crippen LogP contribution in [0.4, 0.5) is 0 Å². The number of aromatic nitrogens is 1. The summed E-state index contributed by atoms with van der Waals surface area (Å²) in [5.41, 5.74) is -0.364. The van der Waals surface area contributed by atoms with Gasteiger partial charge in [0.1, 0.15) is 5.69 Å². The summed E-state index contributed by atoms with van der Waals surface area (Å²) in [6.07, 6.45) is 1.69. The molecule has 0 spiro atoms. The molecular formula is C11H18N2O2. The maximum Gasteiger partial charge on any atom is 0.267 e. The molecule has 0 bridgehead atoms. The molecule has 0 aromatic carbocycles. The molecule has 1 heterocycles. The van der Waals surface area contributed by atoms with E-state index in [0.29, 0.717) is 5.69 Å². The van der Waals surface area contributed by atoms with Crippen molar-refractivity contribution in [3.8, 4) is 0 Å². The number of carbonyl (C=O) groups excluding carboxylic acids is 1. The third-order valence-corrected chi connectivity index (χ3v) is 2.69. The summed E-state index contributed by atoms with van der Waals surface area (Å²) in [4.78, 5) is 14.3. The molecular weight excluding hydrogens is 192 g/mol. The highest BCUT2D eigenvalue weighted by atomic mass is 16.3. The van der Waals surface area contributed by atoms with Gasteiger partial charge >= 0.3 is 0 Å². The van der Waals surface area contributed by atoms with Crippen molar-refractivity contribution in [2.75, 3.05) is 6.54 Å². The van der Waals surface area contributed by atoms with Gasteiger partial charge in [-0.15, -0.1) is 0 Å². The van der Waals surface area contributed by atoms with Gasteiger partial charge in [-0.05, 0) is 25.0 Å². The highest BCUT2D eigenvalue weighted by Crippen LogP contribution is 2.14. The Labute approximate surface area is 89.7 Å². The van der Waals surface area contributed by atoms with Gasteiger partial charge in [-0.1, -0.05) is 13.8 Å². The summed E-state index contributed by atoms with van der Waals surface area (Å²) in [7, 11) is 0. The van der Waals surface area contributed by atoms with E-state index in [2.05, 4.69) is 10.3 Å². The van der Waals surface area contributed by atoms with Crippen LogP contribution in [0, 0.1) is 5.92 Å². The lowest BCUT2D eigenvalue weighted by Gasteiger charge is -2.27. The van der Waals surface area contributed by atoms with Crippen molar-refractivity contribution >= 4 is 5.91 Å². The molecule has 84 valence electrons. The van der Waals surface area contributed by atoms with Gasteiger partial charge in [0.25, 0.3) is 5.91 Å². The number of nitrogens with one attached hydrogen (secondary N) is 2. The second-order valence-electron chi connectivity index (χ2n) is 4.28. The van der Waals surface area contributed by atoms with E-state index in [1.165, 1.54) is 0 Å². The molecule has 3 N–H and O–H groups in total. The molecule has 0 aliphatic carbocycles. The van der Waals surface area contributed by atoms with Crippen LogP contribution < -0.4 is 5.32 Å². The minimum absolute atomic E-state index is 0.0986. The van der Waals surface area contributed by atoms with Crippen molar-refractivity contribution in [3.63, 3.8) is 0 Å². The molecule has 1 aromatic heterocycles. The van der Waals surface area contributed by atoms with Crippen LogP contribution in [0.1, 0.15) is 31.3 Å². The van der Waals surface area contributed by atoms with Gasteiger partial charge in [-0.2, -0.15) is 0 Å². The minimum Gasteiger partial charge on any atom is -0.388 e. The van der Waals surface area contributed by atoms with Crippen LogP contribution >= 0.6 is 0 Å². The Bertz CT molecular complexity index is 315. The van der Waals surface area contributed by atoms with Gasteiger partial charge in [-0.3, -0.25) is 4.79 Å². The van der Waals surface area contributed by atoms with Gasteiger partial charge in [0, 0.05) is 12.7 Å². The minimum atomic E-state index is -0.873. The molecule has 1 rings (SSSR count). The normalized spacial score (nSPS) is 15.0. The summed E-state index contributed by atoms with van der Waals surface area (Å²) in [6, 6.07) is 3.45. The Morgan fingerprint density at radius 2 is 2.33 bits per heavy atom. The molecule has 0 fully saturated rings. The topological polar surface area (TPSA) is 65.1 Å². The SMILES string of the molecule is CC(C)C(C)(O)CNC(=O)c1ccc[nH]1. The van der Waals surface area contributed by atoms with Crippen molar-refractivity contribution in [1.29, 1.82) is 0 Å². The predicted octanol–water partition coefficient (Wildman–Crippen LogP) is 1.15. The number of aromatic amines is 1. The summed E-state index contributed by atoms with van der Waals surface area (Å²) in [5.74, 6) is -0.0950. The average molecular weight is 210 g/mol. The molecule has 0 aliphatic heterocycles. The fourth-order valence-electron chi connectivity index (χ4n) is 1.03. The Balaban J connectivity index is 2.48. The summed E-state index contributed by atoms with van der Waals surface area (Å²) in [5, 5.41) is 12.6. The molecule has 4 nitrogen and oxygen atoms in total. The third-order valence-electron chi connectivity index (χ3n) is 2.69. The van der Waals surface area contributed by atoms with Crippen LogP contribution in [0.3, 0.4) is 0 Å². The summed E-state index contributed by atoms with van der Waals surface area (Å²) >= 11 is 0. The molecule has 15 heavy (non-hydrogen) atoms. The molecule has 1 unspecified atom stereocenters. The molecule has 0 aliphatic rings. The molecule has 1 aromatic rings. The first-order valence-corrected chi connectivity index (χ1v) is 5.07. The quantitative estimate of drug-likeness (QED) is 0.698. The Kier molecular flexibility index (Phi) is 3.52. The summed E-state index contributed by atoms with van der Waals surface area (Å²) < 4.78 is 0. The molecule has 1 atom stereocenters. The second kappa shape index (κ2) is 4.49. The maximum absolute atomic E-state index is 11.5. The molecule has 1 amide bonds. The lowest BCUT2D eigenvalue weighted by atomic mass is 9.92. The van der Waals surface area contributed by atoms with Gasteiger partial charge in [0.15, 0.2) is 0 Å². The molecule has 4 heteroatoms. The fraction of sp³-hybridized carbons (Fsp3) is 0.545. The fourth-order valence-corrected chi connectivity index (χ4v) is 1.03. The van der Waals surface area contributed by atoms with E-state index in [0.717, 1.165) is 0 Å². The van der Waals surface area contributed by atoms with E-state index in [1.807, 2.05) is 13.8 Å². The van der Waals surface area contributed by atoms with E-state index in [9.17, 15) is 9.90 Å². The first kappa shape index (κ1) is 11.8. The Morgan fingerprint density at radius 1 is 1.67 bits per heavy atom. The van der Waals surface area contributed by atoms with Crippen LogP contribution in [-0.2, 0) is 0 Å². The molecule has 0 radical (unpaired) electrons. The van der Waals surface area contributed by atoms with Crippen LogP contribution in [0.15, 0.2) is 18.3 Å². The zero-order valence-electron chi connectivity index (χ0n) is 9.37. The molecule has 0 saturated heterocycles. The lowest BCUT2D eigenvalue weighted by molar-refractivity contribution is 0.0142. The number of aliphatic hydroxyl groups is 1. The van der Waals surface area contributed by atoms with Crippen molar-refractivity contribution in [2.45, 2.75) is 26.4 Å². The largest absolute Gasteiger partial charge is 0.388 e. The number of hydrogen-bond acceptors (Lipinski definition) is 2. The highest BCUT2D eigenvalue weighted by molar-refractivity contribution is 5.92. The zero-order valence-corrected chi connectivity index (χ0v) is 9.37. The second-order valence-corrected chi connectivity index (χ2v) is 4.28. The van der Waals surface area contributed by atoms with E-state index in [-0.39, 0.29) is 18.4 Å². The number of hydrogen-bond donors (Lipinski definition) is 3. The van der Waals surface area contributed by atoms with Gasteiger partial charge in [0.2, 0.25) is 0 Å². The van der Waals surface area contributed by atoms with Gasteiger partial charge in [-0.25, -0.2) is 0 Å². The van der Waals surface area contributed by atoms with Crippen molar-refractivity contribution in [1.82, 2.24) is 10.3 Å². The first-order valence-electron chi connectivity index (χ1n) is 5.07. The number of amides is 1. The standard InChI is InChI=1S/C11H18N2O2/c1-8(2)11(3,15)7-13-10(14)9-5-4-6-12-9/h4-6,8,12,15H,7H2,1-3H3,(H,13,14). The van der Waals surface area contributed by atoms with Crippen LogP contribution in [0.2, 0.25) is 0 Å². The van der Waals surface area contributed by atoms with Crippen molar-refractivity contribution in [2.24, 2.45) is 5.92 Å². The average Bonchev–Trinajstić information content (AvgIpc) is 2.66. The van der Waals surface area contributed by atoms with E-state index in [4.69, 9.17) is 0 Å². The maximum atomic E-state index is 11.5. The van der Waals surface area contributed by atoms with Crippen LogP contribution in [0.25, 0.3) is 0 Å². The Morgan fingerprint density at radius 3 is 2.80 bits per heavy atom. The lowest BCUT2D eigenvalue weighted by Crippen LogP contribution is -2.44. The number of rotatable bonds is 4.